The predicted octanol–water partition coefficient (Wildman–Crippen LogP) is 0.712. The summed E-state index contributed by atoms with van der Waals surface area (Å²) in [6.07, 6.45) is 1.51. The van der Waals surface area contributed by atoms with E-state index in [9.17, 15) is 4.79 Å². The van der Waals surface area contributed by atoms with Gasteiger partial charge in [0.1, 0.15) is 5.15 Å². The fourth-order valence-corrected chi connectivity index (χ4v) is 1.60. The molecule has 1 amide bonds. The Balaban J connectivity index is 1.97. The van der Waals surface area contributed by atoms with Gasteiger partial charge in [-0.1, -0.05) is 11.6 Å². The summed E-state index contributed by atoms with van der Waals surface area (Å²) < 4.78 is 5.18. The molecular formula is C10H12ClN3O2. The maximum Gasteiger partial charge on any atom is 0.265 e. The van der Waals surface area contributed by atoms with Crippen molar-refractivity contribution in [3.05, 3.63) is 29.0 Å². The van der Waals surface area contributed by atoms with Gasteiger partial charge in [0.15, 0.2) is 0 Å². The first-order chi connectivity index (χ1) is 7.75. The molecule has 0 spiro atoms. The zero-order chi connectivity index (χ0) is 11.4. The highest BCUT2D eigenvalue weighted by Gasteiger charge is 2.14. The van der Waals surface area contributed by atoms with E-state index in [0.29, 0.717) is 37.0 Å². The summed E-state index contributed by atoms with van der Waals surface area (Å²) in [5.74, 6) is -0.175. The second kappa shape index (κ2) is 5.25. The molecule has 0 bridgehead atoms. The normalized spacial score (nSPS) is 17.1. The summed E-state index contributed by atoms with van der Waals surface area (Å²) in [5, 5.41) is 2.15. The fourth-order valence-electron chi connectivity index (χ4n) is 1.43. The number of hydrazine groups is 1. The number of nitrogens with zero attached hydrogens (tertiary/aromatic N) is 2. The van der Waals surface area contributed by atoms with E-state index in [2.05, 4.69) is 10.4 Å². The van der Waals surface area contributed by atoms with Gasteiger partial charge >= 0.3 is 0 Å². The number of ether oxygens (including phenoxy) is 1. The minimum absolute atomic E-state index is 0.175. The van der Waals surface area contributed by atoms with Crippen LogP contribution in [0.3, 0.4) is 0 Å². The Hall–Kier alpha value is -1.17. The van der Waals surface area contributed by atoms with Crippen LogP contribution in [0.25, 0.3) is 0 Å². The number of amides is 1. The highest BCUT2D eigenvalue weighted by Crippen LogP contribution is 2.07. The fraction of sp³-hybridized carbons (Fsp3) is 0.400. The number of hydrogen-bond acceptors (Lipinski definition) is 4. The largest absolute Gasteiger partial charge is 0.379 e. The minimum atomic E-state index is -0.175. The summed E-state index contributed by atoms with van der Waals surface area (Å²) in [7, 11) is 0. The Morgan fingerprint density at radius 2 is 2.25 bits per heavy atom. The van der Waals surface area contributed by atoms with Gasteiger partial charge in [0.05, 0.1) is 13.2 Å². The Morgan fingerprint density at radius 3 is 2.94 bits per heavy atom. The van der Waals surface area contributed by atoms with E-state index in [1.165, 1.54) is 12.3 Å². The van der Waals surface area contributed by atoms with Crippen LogP contribution in [-0.4, -0.2) is 42.2 Å². The van der Waals surface area contributed by atoms with Crippen LogP contribution in [0.15, 0.2) is 18.3 Å². The lowest BCUT2D eigenvalue weighted by atomic mass is 10.2. The first kappa shape index (κ1) is 11.3. The molecule has 0 atom stereocenters. The summed E-state index contributed by atoms with van der Waals surface area (Å²) in [6, 6.07) is 3.17. The first-order valence-electron chi connectivity index (χ1n) is 5.01. The lowest BCUT2D eigenvalue weighted by Crippen LogP contribution is -2.48. The third-order valence-corrected chi connectivity index (χ3v) is 2.47. The minimum Gasteiger partial charge on any atom is -0.379 e. The highest BCUT2D eigenvalue weighted by atomic mass is 35.5. The molecule has 0 saturated carbocycles. The van der Waals surface area contributed by atoms with Crippen molar-refractivity contribution in [2.45, 2.75) is 0 Å². The lowest BCUT2D eigenvalue weighted by Gasteiger charge is -2.26. The SMILES string of the molecule is O=C(NN1CCOCC1)c1ccnc(Cl)c1. The van der Waals surface area contributed by atoms with Crippen molar-refractivity contribution in [1.82, 2.24) is 15.4 Å². The van der Waals surface area contributed by atoms with Gasteiger partial charge in [0, 0.05) is 24.8 Å². The number of halogens is 1. The van der Waals surface area contributed by atoms with Crippen LogP contribution in [-0.2, 0) is 4.74 Å². The van der Waals surface area contributed by atoms with Crippen LogP contribution in [0.2, 0.25) is 5.15 Å². The second-order valence-electron chi connectivity index (χ2n) is 3.41. The van der Waals surface area contributed by atoms with Crippen molar-refractivity contribution in [2.24, 2.45) is 0 Å². The number of rotatable bonds is 2. The molecule has 5 nitrogen and oxygen atoms in total. The number of pyridine rings is 1. The van der Waals surface area contributed by atoms with Gasteiger partial charge in [-0.05, 0) is 12.1 Å². The van der Waals surface area contributed by atoms with Gasteiger partial charge in [-0.25, -0.2) is 9.99 Å². The maximum absolute atomic E-state index is 11.8. The van der Waals surface area contributed by atoms with Crippen LogP contribution >= 0.6 is 11.6 Å². The number of carbonyl (C=O) groups is 1. The third kappa shape index (κ3) is 2.91. The van der Waals surface area contributed by atoms with E-state index < -0.39 is 0 Å². The van der Waals surface area contributed by atoms with Gasteiger partial charge in [-0.3, -0.25) is 10.2 Å². The molecule has 0 aromatic carbocycles. The standard InChI is InChI=1S/C10H12ClN3O2/c11-9-7-8(1-2-12-9)10(15)13-14-3-5-16-6-4-14/h1-2,7H,3-6H2,(H,13,15). The molecule has 6 heteroatoms. The van der Waals surface area contributed by atoms with Crippen molar-refractivity contribution < 1.29 is 9.53 Å². The zero-order valence-electron chi connectivity index (χ0n) is 8.65. The molecule has 0 radical (unpaired) electrons. The van der Waals surface area contributed by atoms with Gasteiger partial charge in [-0.15, -0.1) is 0 Å². The third-order valence-electron chi connectivity index (χ3n) is 2.26. The topological polar surface area (TPSA) is 54.5 Å². The molecule has 1 aromatic rings. The predicted molar refractivity (Wildman–Crippen MR) is 59.1 cm³/mol. The van der Waals surface area contributed by atoms with Crippen LogP contribution < -0.4 is 5.43 Å². The van der Waals surface area contributed by atoms with Gasteiger partial charge in [0.25, 0.3) is 5.91 Å². The van der Waals surface area contributed by atoms with Crippen LogP contribution in [0.1, 0.15) is 10.4 Å². The number of nitrogens with one attached hydrogen (secondary N) is 1. The molecule has 0 unspecified atom stereocenters. The lowest BCUT2D eigenvalue weighted by molar-refractivity contribution is 0.0126. The molecule has 1 aliphatic heterocycles. The molecule has 1 fully saturated rings. The van der Waals surface area contributed by atoms with Crippen molar-refractivity contribution >= 4 is 17.5 Å². The molecule has 1 aliphatic rings. The Labute approximate surface area is 98.3 Å². The van der Waals surface area contributed by atoms with E-state index in [1.54, 1.807) is 6.07 Å². The Bertz CT molecular complexity index is 380. The molecule has 1 saturated heterocycles. The van der Waals surface area contributed by atoms with E-state index in [0.717, 1.165) is 0 Å². The quantitative estimate of drug-likeness (QED) is 0.775. The van der Waals surface area contributed by atoms with Crippen molar-refractivity contribution in [3.63, 3.8) is 0 Å². The number of carbonyl (C=O) groups excluding carboxylic acids is 1. The Kier molecular flexibility index (Phi) is 3.71. The van der Waals surface area contributed by atoms with E-state index in [-0.39, 0.29) is 5.91 Å². The average molecular weight is 242 g/mol. The first-order valence-corrected chi connectivity index (χ1v) is 5.39. The number of aromatic nitrogens is 1. The van der Waals surface area contributed by atoms with Crippen molar-refractivity contribution in [1.29, 1.82) is 0 Å². The molecule has 0 aliphatic carbocycles. The molecule has 1 aromatic heterocycles. The summed E-state index contributed by atoms with van der Waals surface area (Å²) in [4.78, 5) is 15.6. The smallest absolute Gasteiger partial charge is 0.265 e. The van der Waals surface area contributed by atoms with Crippen LogP contribution in [0, 0.1) is 0 Å². The molecule has 1 N–H and O–H groups in total. The maximum atomic E-state index is 11.8. The van der Waals surface area contributed by atoms with Crippen molar-refractivity contribution in [3.8, 4) is 0 Å². The zero-order valence-corrected chi connectivity index (χ0v) is 9.41. The molecule has 2 rings (SSSR count). The molecular weight excluding hydrogens is 230 g/mol. The summed E-state index contributed by atoms with van der Waals surface area (Å²) >= 11 is 5.71. The van der Waals surface area contributed by atoms with E-state index in [1.807, 2.05) is 5.01 Å². The number of morpholine rings is 1. The Morgan fingerprint density at radius 1 is 1.50 bits per heavy atom. The summed E-state index contributed by atoms with van der Waals surface area (Å²) in [6.45, 7) is 2.67. The monoisotopic (exact) mass is 241 g/mol. The molecule has 86 valence electrons. The number of hydrogen-bond donors (Lipinski definition) is 1. The van der Waals surface area contributed by atoms with E-state index >= 15 is 0 Å². The van der Waals surface area contributed by atoms with Gasteiger partial charge in [0.2, 0.25) is 0 Å². The summed E-state index contributed by atoms with van der Waals surface area (Å²) in [5.41, 5.74) is 3.30. The van der Waals surface area contributed by atoms with Crippen LogP contribution in [0.5, 0.6) is 0 Å². The average Bonchev–Trinajstić information content (AvgIpc) is 2.30. The van der Waals surface area contributed by atoms with Crippen molar-refractivity contribution in [2.75, 3.05) is 26.3 Å². The van der Waals surface area contributed by atoms with E-state index in [4.69, 9.17) is 16.3 Å². The molecule has 16 heavy (non-hydrogen) atoms. The highest BCUT2D eigenvalue weighted by molar-refractivity contribution is 6.29. The molecule has 2 heterocycles. The second-order valence-corrected chi connectivity index (χ2v) is 3.79. The van der Waals surface area contributed by atoms with Gasteiger partial charge in [-0.2, -0.15) is 0 Å². The van der Waals surface area contributed by atoms with Gasteiger partial charge < -0.3 is 4.74 Å². The van der Waals surface area contributed by atoms with Crippen LogP contribution in [0.4, 0.5) is 0 Å².